The highest BCUT2D eigenvalue weighted by molar-refractivity contribution is 6.35. The zero-order chi connectivity index (χ0) is 23.8. The highest BCUT2D eigenvalue weighted by Gasteiger charge is 2.48. The summed E-state index contributed by atoms with van der Waals surface area (Å²) < 4.78 is 0. The average molecular weight is 519 g/mol. The molecule has 5 rings (SSSR count). The number of amidine groups is 1. The summed E-state index contributed by atoms with van der Waals surface area (Å²) in [4.78, 5) is 15.3. The molecule has 4 nitrogen and oxygen atoms in total. The number of nitrogens with zero attached hydrogens (tertiary/aromatic N) is 1. The number of halogens is 3. The first-order valence-electron chi connectivity index (χ1n) is 12.3. The number of piperazine rings is 1. The van der Waals surface area contributed by atoms with Crippen molar-refractivity contribution in [2.24, 2.45) is 5.92 Å². The lowest BCUT2D eigenvalue weighted by atomic mass is 9.75. The summed E-state index contributed by atoms with van der Waals surface area (Å²) in [6.45, 7) is 0.513. The fourth-order valence-corrected chi connectivity index (χ4v) is 7.03. The number of benzene rings is 2. The van der Waals surface area contributed by atoms with Crippen molar-refractivity contribution in [2.75, 3.05) is 6.54 Å². The van der Waals surface area contributed by atoms with Crippen molar-refractivity contribution in [3.63, 3.8) is 0 Å². The Morgan fingerprint density at radius 3 is 2.32 bits per heavy atom. The van der Waals surface area contributed by atoms with Crippen LogP contribution in [0.2, 0.25) is 15.1 Å². The van der Waals surface area contributed by atoms with Gasteiger partial charge in [0.25, 0.3) is 0 Å². The molecule has 2 bridgehead atoms. The van der Waals surface area contributed by atoms with Crippen molar-refractivity contribution < 1.29 is 4.79 Å². The normalized spacial score (nSPS) is 27.7. The first-order chi connectivity index (χ1) is 16.4. The van der Waals surface area contributed by atoms with E-state index < -0.39 is 0 Å². The van der Waals surface area contributed by atoms with E-state index in [4.69, 9.17) is 34.8 Å². The number of carbonyl (C=O) groups excluding carboxylic acids is 1. The minimum absolute atomic E-state index is 0.0300. The van der Waals surface area contributed by atoms with Crippen LogP contribution in [0.3, 0.4) is 0 Å². The third-order valence-corrected chi connectivity index (χ3v) is 8.78. The van der Waals surface area contributed by atoms with Gasteiger partial charge in [-0.2, -0.15) is 0 Å². The van der Waals surface area contributed by atoms with E-state index in [0.717, 1.165) is 43.2 Å². The molecular formula is C27H30Cl3N3O. The zero-order valence-corrected chi connectivity index (χ0v) is 21.3. The molecule has 4 atom stereocenters. The van der Waals surface area contributed by atoms with Gasteiger partial charge in [-0.25, -0.2) is 0 Å². The molecule has 2 aliphatic heterocycles. The molecule has 2 N–H and O–H groups in total. The lowest BCUT2D eigenvalue weighted by Gasteiger charge is -2.47. The van der Waals surface area contributed by atoms with Crippen molar-refractivity contribution >= 4 is 46.5 Å². The van der Waals surface area contributed by atoms with Crippen molar-refractivity contribution in [2.45, 2.75) is 68.9 Å². The number of fused-ring (bicyclic) bond motifs is 2. The van der Waals surface area contributed by atoms with Crippen LogP contribution in [-0.2, 0) is 4.79 Å². The van der Waals surface area contributed by atoms with E-state index in [-0.39, 0.29) is 35.7 Å². The zero-order valence-electron chi connectivity index (χ0n) is 19.1. The van der Waals surface area contributed by atoms with Crippen LogP contribution in [0.4, 0.5) is 0 Å². The molecule has 1 aliphatic carbocycles. The Morgan fingerprint density at radius 2 is 1.62 bits per heavy atom. The van der Waals surface area contributed by atoms with Crippen molar-refractivity contribution in [3.05, 3.63) is 68.7 Å². The number of hydrogen-bond acceptors (Lipinski definition) is 2. The van der Waals surface area contributed by atoms with Crippen LogP contribution >= 0.6 is 34.8 Å². The van der Waals surface area contributed by atoms with E-state index >= 15 is 0 Å². The molecule has 3 aliphatic rings. The number of nitrogens with one attached hydrogen (secondary N) is 2. The average Bonchev–Trinajstić information content (AvgIpc) is 2.96. The Balaban J connectivity index is 1.61. The summed E-state index contributed by atoms with van der Waals surface area (Å²) in [6.07, 6.45) is 7.12. The van der Waals surface area contributed by atoms with Crippen LogP contribution in [0.5, 0.6) is 0 Å². The van der Waals surface area contributed by atoms with Crippen LogP contribution in [0, 0.1) is 11.3 Å². The second kappa shape index (κ2) is 10.1. The highest BCUT2D eigenvalue weighted by Crippen LogP contribution is 2.48. The van der Waals surface area contributed by atoms with Gasteiger partial charge in [-0.05, 0) is 67.0 Å². The largest absolute Gasteiger partial charge is 0.352 e. The maximum atomic E-state index is 13.1. The molecule has 3 fully saturated rings. The monoisotopic (exact) mass is 517 g/mol. The van der Waals surface area contributed by atoms with Crippen LogP contribution in [0.1, 0.15) is 67.9 Å². The Kier molecular flexibility index (Phi) is 7.11. The van der Waals surface area contributed by atoms with Gasteiger partial charge in [0.15, 0.2) is 0 Å². The third kappa shape index (κ3) is 4.57. The first-order valence-corrected chi connectivity index (χ1v) is 13.4. The lowest BCUT2D eigenvalue weighted by Crippen LogP contribution is -2.64. The van der Waals surface area contributed by atoms with Gasteiger partial charge in [-0.3, -0.25) is 10.2 Å². The molecular weight excluding hydrogens is 489 g/mol. The predicted octanol–water partition coefficient (Wildman–Crippen LogP) is 7.03. The molecule has 0 aromatic heterocycles. The number of carbonyl (C=O) groups is 1. The molecule has 0 radical (unpaired) electrons. The first kappa shape index (κ1) is 24.0. The lowest BCUT2D eigenvalue weighted by molar-refractivity contribution is -0.128. The molecule has 1 unspecified atom stereocenters. The number of rotatable bonds is 3. The topological polar surface area (TPSA) is 56.2 Å². The Bertz CT molecular complexity index is 1070. The standard InChI is InChI=1S/C27H30Cl3N3O/c28-18-8-6-16(7-9-18)25-21(20-11-10-19(29)14-22(20)30)12-13-23-27(34)32-15-24(25)33(23)26(31)17-4-2-1-3-5-17/h6-11,14,17,21,23-25,31H,1-5,12-13,15H2,(H,32,34)/t21-,23+,24?,25-/m0/s1. The van der Waals surface area contributed by atoms with E-state index in [9.17, 15) is 10.2 Å². The van der Waals surface area contributed by atoms with E-state index in [2.05, 4.69) is 22.3 Å². The van der Waals surface area contributed by atoms with Gasteiger partial charge in [0.2, 0.25) is 5.91 Å². The van der Waals surface area contributed by atoms with E-state index in [1.807, 2.05) is 24.3 Å². The summed E-state index contributed by atoms with van der Waals surface area (Å²) in [6, 6.07) is 13.4. The Labute approximate surface area is 216 Å². The van der Waals surface area contributed by atoms with Crippen LogP contribution < -0.4 is 5.32 Å². The van der Waals surface area contributed by atoms with Crippen LogP contribution in [-0.4, -0.2) is 35.3 Å². The van der Waals surface area contributed by atoms with Crippen molar-refractivity contribution in [1.29, 1.82) is 5.41 Å². The summed E-state index contributed by atoms with van der Waals surface area (Å²) >= 11 is 19.2. The maximum absolute atomic E-state index is 13.1. The van der Waals surface area contributed by atoms with Crippen LogP contribution in [0.15, 0.2) is 42.5 Å². The molecule has 2 heterocycles. The second-order valence-corrected chi connectivity index (χ2v) is 11.2. The molecule has 1 saturated carbocycles. The van der Waals surface area contributed by atoms with E-state index in [1.54, 1.807) is 6.07 Å². The predicted molar refractivity (Wildman–Crippen MR) is 139 cm³/mol. The molecule has 2 aromatic carbocycles. The number of amides is 1. The smallest absolute Gasteiger partial charge is 0.242 e. The SMILES string of the molecule is N=C(C1CCCCC1)N1C2CNC(=O)[C@H]1CC[C@@H](c1ccc(Cl)cc1Cl)[C@@H]2c1ccc(Cl)cc1. The molecule has 2 saturated heterocycles. The maximum Gasteiger partial charge on any atom is 0.242 e. The minimum atomic E-state index is -0.320. The summed E-state index contributed by atoms with van der Waals surface area (Å²) in [7, 11) is 0. The van der Waals surface area contributed by atoms with E-state index in [0.29, 0.717) is 33.9 Å². The second-order valence-electron chi connectivity index (χ2n) is 9.88. The van der Waals surface area contributed by atoms with Gasteiger partial charge in [0.1, 0.15) is 6.04 Å². The molecule has 2 aromatic rings. The third-order valence-electron chi connectivity index (χ3n) is 7.97. The van der Waals surface area contributed by atoms with Gasteiger partial charge < -0.3 is 10.2 Å². The molecule has 0 spiro atoms. The summed E-state index contributed by atoms with van der Waals surface area (Å²) in [5.74, 6) is 1.05. The van der Waals surface area contributed by atoms with Crippen LogP contribution in [0.25, 0.3) is 0 Å². The van der Waals surface area contributed by atoms with Gasteiger partial charge >= 0.3 is 0 Å². The molecule has 1 amide bonds. The molecule has 7 heteroatoms. The van der Waals surface area contributed by atoms with Crippen molar-refractivity contribution in [1.82, 2.24) is 10.2 Å². The summed E-state index contributed by atoms with van der Waals surface area (Å²) in [5.41, 5.74) is 2.21. The van der Waals surface area contributed by atoms with Gasteiger partial charge in [-0.15, -0.1) is 0 Å². The highest BCUT2D eigenvalue weighted by atomic mass is 35.5. The Hall–Kier alpha value is -1.75. The van der Waals surface area contributed by atoms with Gasteiger partial charge in [-0.1, -0.05) is 72.3 Å². The fraction of sp³-hybridized carbons (Fsp3) is 0.481. The van der Waals surface area contributed by atoms with Gasteiger partial charge in [0, 0.05) is 33.4 Å². The van der Waals surface area contributed by atoms with E-state index in [1.165, 1.54) is 6.42 Å². The quantitative estimate of drug-likeness (QED) is 0.338. The summed E-state index contributed by atoms with van der Waals surface area (Å²) in [5, 5.41) is 14.4. The molecule has 180 valence electrons. The van der Waals surface area contributed by atoms with Crippen molar-refractivity contribution in [3.8, 4) is 0 Å². The minimum Gasteiger partial charge on any atom is -0.352 e. The molecule has 34 heavy (non-hydrogen) atoms. The fourth-order valence-electron chi connectivity index (χ4n) is 6.36. The Morgan fingerprint density at radius 1 is 0.912 bits per heavy atom. The number of hydrogen-bond donors (Lipinski definition) is 2. The van der Waals surface area contributed by atoms with Gasteiger partial charge in [0.05, 0.1) is 11.9 Å².